The van der Waals surface area contributed by atoms with E-state index in [0.717, 1.165) is 0 Å². The van der Waals surface area contributed by atoms with Crippen LogP contribution in [0.1, 0.15) is 28.3 Å². The maximum absolute atomic E-state index is 12.7. The average Bonchev–Trinajstić information content (AvgIpc) is 2.70. The van der Waals surface area contributed by atoms with E-state index in [9.17, 15) is 9.59 Å². The molecular formula is C20H22O6. The van der Waals surface area contributed by atoms with Crippen molar-refractivity contribution in [1.29, 1.82) is 0 Å². The summed E-state index contributed by atoms with van der Waals surface area (Å²) in [5.41, 5.74) is 1.03. The van der Waals surface area contributed by atoms with E-state index in [-0.39, 0.29) is 12.2 Å². The SMILES string of the molecule is COC(=O)C(CC(=O)c1ccc(OC)cc1)c1cc(OC)ccc1OC. The number of carbonyl (C=O) groups excluding carboxylic acids is 2. The van der Waals surface area contributed by atoms with E-state index in [2.05, 4.69) is 0 Å². The van der Waals surface area contributed by atoms with Crippen molar-refractivity contribution in [2.75, 3.05) is 28.4 Å². The highest BCUT2D eigenvalue weighted by molar-refractivity contribution is 5.99. The topological polar surface area (TPSA) is 71.1 Å². The second kappa shape index (κ2) is 8.89. The van der Waals surface area contributed by atoms with E-state index < -0.39 is 11.9 Å². The first-order valence-electron chi connectivity index (χ1n) is 8.01. The second-order valence-corrected chi connectivity index (χ2v) is 5.54. The lowest BCUT2D eigenvalue weighted by molar-refractivity contribution is -0.142. The lowest BCUT2D eigenvalue weighted by Crippen LogP contribution is -2.19. The maximum Gasteiger partial charge on any atom is 0.313 e. The van der Waals surface area contributed by atoms with Gasteiger partial charge in [0.15, 0.2) is 5.78 Å². The first-order valence-corrected chi connectivity index (χ1v) is 8.01. The normalized spacial score (nSPS) is 11.4. The monoisotopic (exact) mass is 358 g/mol. The number of carbonyl (C=O) groups is 2. The largest absolute Gasteiger partial charge is 0.497 e. The van der Waals surface area contributed by atoms with Crippen LogP contribution < -0.4 is 14.2 Å². The smallest absolute Gasteiger partial charge is 0.313 e. The number of methoxy groups -OCH3 is 4. The van der Waals surface area contributed by atoms with Gasteiger partial charge in [0.1, 0.15) is 17.2 Å². The lowest BCUT2D eigenvalue weighted by atomic mass is 9.90. The van der Waals surface area contributed by atoms with Gasteiger partial charge in [-0.2, -0.15) is 0 Å². The molecule has 0 saturated carbocycles. The standard InChI is InChI=1S/C20H22O6/c1-23-14-7-5-13(6-8-14)18(21)12-17(20(22)26-4)16-11-15(24-2)9-10-19(16)25-3/h5-11,17H,12H2,1-4H3. The van der Waals surface area contributed by atoms with Gasteiger partial charge in [-0.15, -0.1) is 0 Å². The first kappa shape index (κ1) is 19.3. The van der Waals surface area contributed by atoms with Crippen LogP contribution in [-0.2, 0) is 9.53 Å². The second-order valence-electron chi connectivity index (χ2n) is 5.54. The third-order valence-electron chi connectivity index (χ3n) is 4.10. The highest BCUT2D eigenvalue weighted by Gasteiger charge is 2.28. The summed E-state index contributed by atoms with van der Waals surface area (Å²) in [7, 11) is 5.88. The Bertz CT molecular complexity index is 766. The third kappa shape index (κ3) is 4.33. The molecule has 2 aromatic carbocycles. The Hall–Kier alpha value is -3.02. The zero-order valence-corrected chi connectivity index (χ0v) is 15.3. The maximum atomic E-state index is 12.7. The van der Waals surface area contributed by atoms with E-state index in [0.29, 0.717) is 28.4 Å². The fraction of sp³-hybridized carbons (Fsp3) is 0.300. The summed E-state index contributed by atoms with van der Waals surface area (Å²) >= 11 is 0. The highest BCUT2D eigenvalue weighted by atomic mass is 16.5. The zero-order valence-electron chi connectivity index (χ0n) is 15.3. The molecule has 0 saturated heterocycles. The van der Waals surface area contributed by atoms with Gasteiger partial charge in [-0.3, -0.25) is 9.59 Å². The van der Waals surface area contributed by atoms with Crippen LogP contribution in [0, 0.1) is 0 Å². The molecule has 0 N–H and O–H groups in total. The fourth-order valence-electron chi connectivity index (χ4n) is 2.65. The van der Waals surface area contributed by atoms with Crippen molar-refractivity contribution >= 4 is 11.8 Å². The van der Waals surface area contributed by atoms with Crippen molar-refractivity contribution in [1.82, 2.24) is 0 Å². The molecule has 0 aliphatic rings. The summed E-state index contributed by atoms with van der Waals surface area (Å²) < 4.78 is 20.6. The molecule has 0 aliphatic carbocycles. The van der Waals surface area contributed by atoms with Crippen LogP contribution in [0.4, 0.5) is 0 Å². The molecule has 1 atom stereocenters. The Morgan fingerprint density at radius 1 is 0.846 bits per heavy atom. The summed E-state index contributed by atoms with van der Waals surface area (Å²) in [6.45, 7) is 0. The van der Waals surface area contributed by atoms with E-state index >= 15 is 0 Å². The van der Waals surface area contributed by atoms with Crippen LogP contribution >= 0.6 is 0 Å². The predicted molar refractivity (Wildman–Crippen MR) is 96.2 cm³/mol. The van der Waals surface area contributed by atoms with Gasteiger partial charge in [-0.05, 0) is 42.5 Å². The third-order valence-corrected chi connectivity index (χ3v) is 4.10. The van der Waals surface area contributed by atoms with E-state index in [1.807, 2.05) is 0 Å². The summed E-state index contributed by atoms with van der Waals surface area (Å²) in [5, 5.41) is 0. The first-order chi connectivity index (χ1) is 12.5. The molecule has 0 spiro atoms. The number of benzene rings is 2. The van der Waals surface area contributed by atoms with Crippen LogP contribution in [0.15, 0.2) is 42.5 Å². The summed E-state index contributed by atoms with van der Waals surface area (Å²) in [6, 6.07) is 11.8. The van der Waals surface area contributed by atoms with Crippen LogP contribution in [0.2, 0.25) is 0 Å². The number of rotatable bonds is 8. The molecule has 26 heavy (non-hydrogen) atoms. The quantitative estimate of drug-likeness (QED) is 0.533. The molecule has 0 aliphatic heterocycles. The number of hydrogen-bond acceptors (Lipinski definition) is 6. The number of esters is 1. The molecule has 0 radical (unpaired) electrons. The average molecular weight is 358 g/mol. The predicted octanol–water partition coefficient (Wildman–Crippen LogP) is 3.24. The summed E-state index contributed by atoms with van der Waals surface area (Å²) in [4.78, 5) is 25.0. The van der Waals surface area contributed by atoms with Gasteiger partial charge in [0.2, 0.25) is 0 Å². The molecule has 0 amide bonds. The van der Waals surface area contributed by atoms with Gasteiger partial charge >= 0.3 is 5.97 Å². The molecule has 0 heterocycles. The van der Waals surface area contributed by atoms with E-state index in [1.54, 1.807) is 49.6 Å². The minimum absolute atomic E-state index is 0.0530. The Morgan fingerprint density at radius 2 is 1.46 bits per heavy atom. The molecular weight excluding hydrogens is 336 g/mol. The highest BCUT2D eigenvalue weighted by Crippen LogP contribution is 2.34. The van der Waals surface area contributed by atoms with Crippen molar-refractivity contribution in [3.05, 3.63) is 53.6 Å². The van der Waals surface area contributed by atoms with E-state index in [4.69, 9.17) is 18.9 Å². The van der Waals surface area contributed by atoms with Crippen molar-refractivity contribution in [3.63, 3.8) is 0 Å². The van der Waals surface area contributed by atoms with Crippen LogP contribution in [-0.4, -0.2) is 40.2 Å². The van der Waals surface area contributed by atoms with Crippen molar-refractivity contribution in [3.8, 4) is 17.2 Å². The number of hydrogen-bond donors (Lipinski definition) is 0. The molecule has 1 unspecified atom stereocenters. The van der Waals surface area contributed by atoms with Crippen molar-refractivity contribution < 1.29 is 28.5 Å². The van der Waals surface area contributed by atoms with Crippen LogP contribution in [0.3, 0.4) is 0 Å². The molecule has 0 fully saturated rings. The lowest BCUT2D eigenvalue weighted by Gasteiger charge is -2.18. The van der Waals surface area contributed by atoms with Crippen LogP contribution in [0.25, 0.3) is 0 Å². The Balaban J connectivity index is 2.35. The molecule has 0 aromatic heterocycles. The molecule has 6 nitrogen and oxygen atoms in total. The van der Waals surface area contributed by atoms with Gasteiger partial charge in [-0.1, -0.05) is 0 Å². The number of Topliss-reactive ketones (excluding diaryl/α,β-unsaturated/α-hetero) is 1. The number of ether oxygens (including phenoxy) is 4. The van der Waals surface area contributed by atoms with Gasteiger partial charge in [0.05, 0.1) is 34.4 Å². The summed E-state index contributed by atoms with van der Waals surface area (Å²) in [5.74, 6) is 0.196. The molecule has 138 valence electrons. The van der Waals surface area contributed by atoms with Gasteiger partial charge in [0.25, 0.3) is 0 Å². The number of ketones is 1. The Morgan fingerprint density at radius 3 is 2.00 bits per heavy atom. The minimum atomic E-state index is -0.806. The Labute approximate surface area is 152 Å². The molecule has 2 aromatic rings. The van der Waals surface area contributed by atoms with Gasteiger partial charge in [0, 0.05) is 17.5 Å². The molecule has 0 bridgehead atoms. The van der Waals surface area contributed by atoms with E-state index in [1.165, 1.54) is 21.3 Å². The van der Waals surface area contributed by atoms with Crippen molar-refractivity contribution in [2.45, 2.75) is 12.3 Å². The van der Waals surface area contributed by atoms with Gasteiger partial charge < -0.3 is 18.9 Å². The molecule has 2 rings (SSSR count). The Kier molecular flexibility index (Phi) is 6.60. The van der Waals surface area contributed by atoms with Crippen LogP contribution in [0.5, 0.6) is 17.2 Å². The van der Waals surface area contributed by atoms with Crippen molar-refractivity contribution in [2.24, 2.45) is 0 Å². The minimum Gasteiger partial charge on any atom is -0.497 e. The summed E-state index contributed by atoms with van der Waals surface area (Å²) in [6.07, 6.45) is -0.0530. The van der Waals surface area contributed by atoms with Gasteiger partial charge in [-0.25, -0.2) is 0 Å². The fourth-order valence-corrected chi connectivity index (χ4v) is 2.65. The zero-order chi connectivity index (χ0) is 19.1. The molecule has 6 heteroatoms.